The summed E-state index contributed by atoms with van der Waals surface area (Å²) >= 11 is 0. The Morgan fingerprint density at radius 1 is 0.962 bits per heavy atom. The van der Waals surface area contributed by atoms with Crippen molar-refractivity contribution in [1.82, 2.24) is 15.0 Å². The van der Waals surface area contributed by atoms with Crippen molar-refractivity contribution in [3.8, 4) is 0 Å². The zero-order valence-corrected chi connectivity index (χ0v) is 15.3. The quantitative estimate of drug-likeness (QED) is 0.610. The van der Waals surface area contributed by atoms with Gasteiger partial charge in [-0.05, 0) is 42.5 Å². The predicted molar refractivity (Wildman–Crippen MR) is 107 cm³/mol. The van der Waals surface area contributed by atoms with Crippen molar-refractivity contribution < 1.29 is 0 Å². The maximum Gasteiger partial charge on any atom is 0.227 e. The van der Waals surface area contributed by atoms with Gasteiger partial charge in [-0.2, -0.15) is 0 Å². The molecule has 1 aromatic carbocycles. The first kappa shape index (κ1) is 17.7. The van der Waals surface area contributed by atoms with E-state index in [0.717, 1.165) is 23.5 Å². The van der Waals surface area contributed by atoms with Crippen LogP contribution in [0, 0.1) is 12.8 Å². The maximum atomic E-state index is 5.68. The second-order valence-electron chi connectivity index (χ2n) is 6.76. The van der Waals surface area contributed by atoms with Crippen LogP contribution in [-0.4, -0.2) is 15.0 Å². The first-order valence-electron chi connectivity index (χ1n) is 8.67. The molecule has 0 bridgehead atoms. The Labute approximate surface area is 153 Å². The zero-order valence-electron chi connectivity index (χ0n) is 15.3. The lowest BCUT2D eigenvalue weighted by molar-refractivity contribution is 0.647. The van der Waals surface area contributed by atoms with Gasteiger partial charge in [0.15, 0.2) is 0 Å². The minimum absolute atomic E-state index is 0.464. The minimum Gasteiger partial charge on any atom is -0.384 e. The molecule has 134 valence electrons. The summed E-state index contributed by atoms with van der Waals surface area (Å²) in [6.07, 6.45) is 6.19. The lowest BCUT2D eigenvalue weighted by Crippen LogP contribution is -2.01. The van der Waals surface area contributed by atoms with Crippen LogP contribution in [0.4, 0.5) is 28.8 Å². The van der Waals surface area contributed by atoms with Gasteiger partial charge >= 0.3 is 0 Å². The van der Waals surface area contributed by atoms with E-state index in [4.69, 9.17) is 5.73 Å². The van der Waals surface area contributed by atoms with Crippen molar-refractivity contribution in [2.24, 2.45) is 5.92 Å². The van der Waals surface area contributed by atoms with Gasteiger partial charge in [-0.3, -0.25) is 0 Å². The van der Waals surface area contributed by atoms with Crippen LogP contribution in [0.5, 0.6) is 0 Å². The maximum absolute atomic E-state index is 5.68. The molecule has 4 N–H and O–H groups in total. The summed E-state index contributed by atoms with van der Waals surface area (Å²) in [6, 6.07) is 10.0. The molecular formula is C20H24N6. The number of hydrogen-bond donors (Lipinski definition) is 3. The van der Waals surface area contributed by atoms with Gasteiger partial charge in [0.05, 0.1) is 18.1 Å². The Kier molecular flexibility index (Phi) is 5.31. The highest BCUT2D eigenvalue weighted by Crippen LogP contribution is 2.22. The molecule has 6 nitrogen and oxygen atoms in total. The Balaban J connectivity index is 1.67. The Morgan fingerprint density at radius 2 is 1.73 bits per heavy atom. The van der Waals surface area contributed by atoms with Crippen molar-refractivity contribution >= 4 is 28.8 Å². The number of anilines is 5. The number of nitrogens with zero attached hydrogens (tertiary/aromatic N) is 3. The van der Waals surface area contributed by atoms with Crippen molar-refractivity contribution in [3.63, 3.8) is 0 Å². The Bertz CT molecular complexity index is 874. The number of hydrogen-bond acceptors (Lipinski definition) is 6. The highest BCUT2D eigenvalue weighted by atomic mass is 15.1. The molecule has 26 heavy (non-hydrogen) atoms. The summed E-state index contributed by atoms with van der Waals surface area (Å²) in [5.41, 5.74) is 10.9. The monoisotopic (exact) mass is 348 g/mol. The summed E-state index contributed by atoms with van der Waals surface area (Å²) in [5.74, 6) is 1.67. The lowest BCUT2D eigenvalue weighted by atomic mass is 10.0. The molecule has 0 saturated carbocycles. The number of aromatic nitrogens is 3. The molecule has 2 aromatic heterocycles. The van der Waals surface area contributed by atoms with Crippen molar-refractivity contribution in [2.75, 3.05) is 16.4 Å². The van der Waals surface area contributed by atoms with Crippen LogP contribution < -0.4 is 16.4 Å². The summed E-state index contributed by atoms with van der Waals surface area (Å²) in [6.45, 7) is 6.55. The first-order valence-corrected chi connectivity index (χ1v) is 8.67. The zero-order chi connectivity index (χ0) is 18.5. The highest BCUT2D eigenvalue weighted by Gasteiger charge is 2.05. The number of nitrogen functional groups attached to an aromatic ring is 1. The van der Waals surface area contributed by atoms with E-state index >= 15 is 0 Å². The van der Waals surface area contributed by atoms with Gasteiger partial charge in [-0.25, -0.2) is 15.0 Å². The molecule has 6 heteroatoms. The smallest absolute Gasteiger partial charge is 0.227 e. The van der Waals surface area contributed by atoms with E-state index in [9.17, 15) is 0 Å². The first-order chi connectivity index (χ1) is 12.5. The molecule has 0 fully saturated rings. The third-order valence-electron chi connectivity index (χ3n) is 3.90. The number of pyridine rings is 1. The molecule has 0 aliphatic carbocycles. The van der Waals surface area contributed by atoms with Crippen LogP contribution in [0.3, 0.4) is 0 Å². The van der Waals surface area contributed by atoms with Crippen LogP contribution in [-0.2, 0) is 6.42 Å². The fourth-order valence-corrected chi connectivity index (χ4v) is 2.73. The van der Waals surface area contributed by atoms with Gasteiger partial charge in [-0.15, -0.1) is 0 Å². The highest BCUT2D eigenvalue weighted by molar-refractivity contribution is 5.62. The fourth-order valence-electron chi connectivity index (χ4n) is 2.73. The van der Waals surface area contributed by atoms with E-state index < -0.39 is 0 Å². The molecule has 3 rings (SSSR count). The number of benzene rings is 1. The number of nitrogens with one attached hydrogen (secondary N) is 2. The van der Waals surface area contributed by atoms with Gasteiger partial charge in [0, 0.05) is 23.6 Å². The minimum atomic E-state index is 0.464. The van der Waals surface area contributed by atoms with Crippen molar-refractivity contribution in [1.29, 1.82) is 0 Å². The Morgan fingerprint density at radius 3 is 2.38 bits per heavy atom. The van der Waals surface area contributed by atoms with E-state index in [-0.39, 0.29) is 0 Å². The van der Waals surface area contributed by atoms with E-state index in [2.05, 4.69) is 64.6 Å². The van der Waals surface area contributed by atoms with Crippen LogP contribution in [0.1, 0.15) is 25.0 Å². The second-order valence-corrected chi connectivity index (χ2v) is 6.76. The topological polar surface area (TPSA) is 88.8 Å². The van der Waals surface area contributed by atoms with Gasteiger partial charge < -0.3 is 16.4 Å². The van der Waals surface area contributed by atoms with Crippen LogP contribution in [0.25, 0.3) is 0 Å². The van der Waals surface area contributed by atoms with Crippen molar-refractivity contribution in [2.45, 2.75) is 27.2 Å². The average molecular weight is 348 g/mol. The summed E-state index contributed by atoms with van der Waals surface area (Å²) in [5, 5.41) is 6.47. The van der Waals surface area contributed by atoms with E-state index in [1.54, 1.807) is 24.7 Å². The van der Waals surface area contributed by atoms with Gasteiger partial charge in [0.2, 0.25) is 5.95 Å². The second kappa shape index (κ2) is 7.82. The lowest BCUT2D eigenvalue weighted by Gasteiger charge is -2.12. The van der Waals surface area contributed by atoms with E-state index in [0.29, 0.717) is 17.7 Å². The molecule has 0 aliphatic rings. The molecule has 0 spiro atoms. The number of aryl methyl sites for hydroxylation is 1. The van der Waals surface area contributed by atoms with Gasteiger partial charge in [0.25, 0.3) is 0 Å². The molecule has 2 heterocycles. The molecule has 0 unspecified atom stereocenters. The number of rotatable bonds is 6. The van der Waals surface area contributed by atoms with E-state index in [1.165, 1.54) is 11.1 Å². The molecular weight excluding hydrogens is 324 g/mol. The summed E-state index contributed by atoms with van der Waals surface area (Å²) < 4.78 is 0. The summed E-state index contributed by atoms with van der Waals surface area (Å²) in [4.78, 5) is 12.7. The average Bonchev–Trinajstić information content (AvgIpc) is 2.58. The predicted octanol–water partition coefficient (Wildman–Crippen LogP) is 4.45. The molecule has 0 atom stereocenters. The summed E-state index contributed by atoms with van der Waals surface area (Å²) in [7, 11) is 0. The van der Waals surface area contributed by atoms with Crippen LogP contribution >= 0.6 is 0 Å². The molecule has 0 amide bonds. The molecule has 0 saturated heterocycles. The normalized spacial score (nSPS) is 10.8. The third-order valence-corrected chi connectivity index (χ3v) is 3.90. The SMILES string of the molecule is Cc1cc(CC(C)C)ccc1Nc1ncc(Nc2ccnc(N)c2)cn1. The van der Waals surface area contributed by atoms with Gasteiger partial charge in [-0.1, -0.05) is 26.0 Å². The molecule has 0 aliphatic heterocycles. The Hall–Kier alpha value is -3.15. The largest absolute Gasteiger partial charge is 0.384 e. The van der Waals surface area contributed by atoms with Crippen LogP contribution in [0.2, 0.25) is 0 Å². The fraction of sp³-hybridized carbons (Fsp3) is 0.250. The standard InChI is InChI=1S/C20H24N6/c1-13(2)8-15-4-5-18(14(3)9-15)26-20-23-11-17(12-24-20)25-16-6-7-22-19(21)10-16/h4-7,9-13H,8H2,1-3H3,(H3,21,22,25)(H,23,24,26). The van der Waals surface area contributed by atoms with Crippen LogP contribution in [0.15, 0.2) is 48.9 Å². The van der Waals surface area contributed by atoms with Gasteiger partial charge in [0.1, 0.15) is 5.82 Å². The third kappa shape index (κ3) is 4.69. The number of nitrogens with two attached hydrogens (primary N) is 1. The van der Waals surface area contributed by atoms with E-state index in [1.807, 2.05) is 6.07 Å². The molecule has 0 radical (unpaired) electrons. The van der Waals surface area contributed by atoms with Crippen molar-refractivity contribution in [3.05, 3.63) is 60.0 Å². The molecule has 3 aromatic rings.